The summed E-state index contributed by atoms with van der Waals surface area (Å²) >= 11 is 0. The maximum atomic E-state index is 13.4. The maximum absolute atomic E-state index is 13.4. The highest BCUT2D eigenvalue weighted by atomic mass is 16.5. The summed E-state index contributed by atoms with van der Waals surface area (Å²) in [6.45, 7) is 6.73. The summed E-state index contributed by atoms with van der Waals surface area (Å²) in [4.78, 5) is 19.4. The van der Waals surface area contributed by atoms with Crippen LogP contribution in [0.25, 0.3) is 11.5 Å². The number of rotatable bonds is 3. The second-order valence-corrected chi connectivity index (χ2v) is 8.69. The number of hydrogen-bond acceptors (Lipinski definition) is 6. The Bertz CT molecular complexity index is 1090. The van der Waals surface area contributed by atoms with Gasteiger partial charge >= 0.3 is 0 Å². The Balaban J connectivity index is 1.45. The van der Waals surface area contributed by atoms with Crippen molar-refractivity contribution in [1.29, 1.82) is 0 Å². The Morgan fingerprint density at radius 1 is 1.06 bits per heavy atom. The first-order valence-electron chi connectivity index (χ1n) is 10.7. The molecule has 0 saturated carbocycles. The molecule has 3 aromatic rings. The Morgan fingerprint density at radius 3 is 2.58 bits per heavy atom. The number of carbonyl (C=O) groups excluding carboxylic acids is 1. The van der Waals surface area contributed by atoms with Crippen molar-refractivity contribution in [2.45, 2.75) is 32.6 Å². The quantitative estimate of drug-likeness (QED) is 0.644. The van der Waals surface area contributed by atoms with Crippen LogP contribution in [0.4, 0.5) is 0 Å². The molecule has 31 heavy (non-hydrogen) atoms. The molecule has 2 aliphatic heterocycles. The molecule has 0 bridgehead atoms. The second kappa shape index (κ2) is 7.89. The van der Waals surface area contributed by atoms with E-state index in [9.17, 15) is 4.79 Å². The number of benzene rings is 1. The topological polar surface area (TPSA) is 81.4 Å². The van der Waals surface area contributed by atoms with Crippen molar-refractivity contribution < 1.29 is 13.9 Å². The van der Waals surface area contributed by atoms with Gasteiger partial charge in [0.05, 0.1) is 5.92 Å². The van der Waals surface area contributed by atoms with Crippen LogP contribution in [-0.2, 0) is 4.74 Å². The van der Waals surface area contributed by atoms with Crippen LogP contribution in [0, 0.1) is 19.3 Å². The first kappa shape index (κ1) is 19.9. The van der Waals surface area contributed by atoms with E-state index in [1.54, 1.807) is 12.4 Å². The van der Waals surface area contributed by atoms with E-state index in [1.807, 2.05) is 42.2 Å². The lowest BCUT2D eigenvalue weighted by molar-refractivity contribution is 0.00908. The molecule has 0 N–H and O–H groups in total. The molecule has 0 aliphatic carbocycles. The van der Waals surface area contributed by atoms with Crippen LogP contribution >= 0.6 is 0 Å². The maximum Gasteiger partial charge on any atom is 0.253 e. The highest BCUT2D eigenvalue weighted by Gasteiger charge is 2.51. The molecule has 1 aromatic carbocycles. The lowest BCUT2D eigenvalue weighted by Gasteiger charge is -2.36. The van der Waals surface area contributed by atoms with Gasteiger partial charge in [-0.1, -0.05) is 6.07 Å². The summed E-state index contributed by atoms with van der Waals surface area (Å²) in [5.41, 5.74) is 3.78. The van der Waals surface area contributed by atoms with Gasteiger partial charge in [0.25, 0.3) is 5.91 Å². The molecule has 7 heteroatoms. The first-order valence-corrected chi connectivity index (χ1v) is 10.7. The third-order valence-corrected chi connectivity index (χ3v) is 6.84. The fourth-order valence-electron chi connectivity index (χ4n) is 4.79. The summed E-state index contributed by atoms with van der Waals surface area (Å²) in [7, 11) is 0. The molecule has 7 nitrogen and oxygen atoms in total. The number of amides is 1. The monoisotopic (exact) mass is 418 g/mol. The number of likely N-dealkylation sites (tertiary alicyclic amines) is 1. The van der Waals surface area contributed by atoms with Crippen LogP contribution in [0.1, 0.15) is 46.1 Å². The van der Waals surface area contributed by atoms with Crippen molar-refractivity contribution in [3.05, 3.63) is 65.3 Å². The zero-order valence-corrected chi connectivity index (χ0v) is 17.9. The van der Waals surface area contributed by atoms with E-state index in [0.717, 1.165) is 29.5 Å². The standard InChI is InChI=1S/C24H26N4O3/c1-16-3-4-19(13-17(16)2)23(29)28-14-20(24(15-28)7-11-30-12-8-24)22-27-26-21(31-22)18-5-9-25-10-6-18/h3-6,9-10,13,20H,7-8,11-12,14-15H2,1-2H3. The summed E-state index contributed by atoms with van der Waals surface area (Å²) in [5, 5.41) is 8.68. The van der Waals surface area contributed by atoms with Crippen molar-refractivity contribution in [2.24, 2.45) is 5.41 Å². The minimum absolute atomic E-state index is 0.00465. The molecule has 2 fully saturated rings. The molecule has 5 rings (SSSR count). The smallest absolute Gasteiger partial charge is 0.253 e. The van der Waals surface area contributed by atoms with E-state index in [4.69, 9.17) is 9.15 Å². The zero-order valence-electron chi connectivity index (χ0n) is 17.9. The Hall–Kier alpha value is -3.06. The van der Waals surface area contributed by atoms with Crippen LogP contribution < -0.4 is 0 Å². The van der Waals surface area contributed by atoms with Gasteiger partial charge in [-0.15, -0.1) is 10.2 Å². The average Bonchev–Trinajstić information content (AvgIpc) is 3.42. The average molecular weight is 418 g/mol. The van der Waals surface area contributed by atoms with E-state index in [-0.39, 0.29) is 17.2 Å². The molecule has 4 heterocycles. The summed E-state index contributed by atoms with van der Waals surface area (Å²) in [5.74, 6) is 1.14. The van der Waals surface area contributed by atoms with Gasteiger partial charge in [0.2, 0.25) is 11.8 Å². The molecule has 2 aliphatic rings. The van der Waals surface area contributed by atoms with Gasteiger partial charge in [0.1, 0.15) is 0 Å². The number of ether oxygens (including phenoxy) is 1. The summed E-state index contributed by atoms with van der Waals surface area (Å²) in [6, 6.07) is 9.62. The molecule has 2 saturated heterocycles. The highest BCUT2D eigenvalue weighted by Crippen LogP contribution is 2.49. The van der Waals surface area contributed by atoms with E-state index >= 15 is 0 Å². The molecule has 1 spiro atoms. The van der Waals surface area contributed by atoms with E-state index in [2.05, 4.69) is 22.1 Å². The van der Waals surface area contributed by atoms with Crippen molar-refractivity contribution >= 4 is 5.91 Å². The second-order valence-electron chi connectivity index (χ2n) is 8.69. The largest absolute Gasteiger partial charge is 0.420 e. The van der Waals surface area contributed by atoms with Gasteiger partial charge in [-0.05, 0) is 62.1 Å². The first-order chi connectivity index (χ1) is 15.1. The van der Waals surface area contributed by atoms with Gasteiger partial charge in [0.15, 0.2) is 0 Å². The number of carbonyl (C=O) groups is 1. The lowest BCUT2D eigenvalue weighted by atomic mass is 9.72. The third kappa shape index (κ3) is 3.63. The van der Waals surface area contributed by atoms with Gasteiger partial charge in [-0.3, -0.25) is 9.78 Å². The fraction of sp³-hybridized carbons (Fsp3) is 0.417. The van der Waals surface area contributed by atoms with Gasteiger partial charge in [-0.25, -0.2) is 0 Å². The highest BCUT2D eigenvalue weighted by molar-refractivity contribution is 5.94. The van der Waals surface area contributed by atoms with E-state index < -0.39 is 0 Å². The third-order valence-electron chi connectivity index (χ3n) is 6.84. The molecular weight excluding hydrogens is 392 g/mol. The molecule has 160 valence electrons. The molecule has 1 atom stereocenters. The summed E-state index contributed by atoms with van der Waals surface area (Å²) in [6.07, 6.45) is 5.17. The molecular formula is C24H26N4O3. The Labute approximate surface area is 181 Å². The lowest BCUT2D eigenvalue weighted by Crippen LogP contribution is -2.37. The fourth-order valence-corrected chi connectivity index (χ4v) is 4.79. The number of aromatic nitrogens is 3. The molecule has 2 aromatic heterocycles. The molecule has 0 radical (unpaired) electrons. The minimum Gasteiger partial charge on any atom is -0.420 e. The van der Waals surface area contributed by atoms with Crippen LogP contribution in [0.15, 0.2) is 47.1 Å². The molecule has 1 unspecified atom stereocenters. The predicted molar refractivity (Wildman–Crippen MR) is 115 cm³/mol. The van der Waals surface area contributed by atoms with Crippen molar-refractivity contribution in [1.82, 2.24) is 20.1 Å². The van der Waals surface area contributed by atoms with Crippen LogP contribution in [-0.4, -0.2) is 52.3 Å². The number of aryl methyl sites for hydroxylation is 2. The van der Waals surface area contributed by atoms with Gasteiger partial charge < -0.3 is 14.1 Å². The normalized spacial score (nSPS) is 20.3. The number of nitrogens with zero attached hydrogens (tertiary/aromatic N) is 4. The van der Waals surface area contributed by atoms with Crippen molar-refractivity contribution in [3.63, 3.8) is 0 Å². The zero-order chi connectivity index (χ0) is 21.4. The van der Waals surface area contributed by atoms with Crippen LogP contribution in [0.2, 0.25) is 0 Å². The van der Waals surface area contributed by atoms with Crippen LogP contribution in [0.5, 0.6) is 0 Å². The Kier molecular flexibility index (Phi) is 5.06. The van der Waals surface area contributed by atoms with E-state index in [1.165, 1.54) is 5.56 Å². The SMILES string of the molecule is Cc1ccc(C(=O)N2CC(c3nnc(-c4ccncc4)o3)C3(CCOCC3)C2)cc1C. The molecule has 1 amide bonds. The van der Waals surface area contributed by atoms with Crippen LogP contribution in [0.3, 0.4) is 0 Å². The van der Waals surface area contributed by atoms with Gasteiger partial charge in [-0.2, -0.15) is 0 Å². The van der Waals surface area contributed by atoms with E-state index in [0.29, 0.717) is 38.1 Å². The summed E-state index contributed by atoms with van der Waals surface area (Å²) < 4.78 is 11.8. The van der Waals surface area contributed by atoms with Crippen molar-refractivity contribution in [3.8, 4) is 11.5 Å². The van der Waals surface area contributed by atoms with Gasteiger partial charge in [0, 0.05) is 55.2 Å². The Morgan fingerprint density at radius 2 is 1.84 bits per heavy atom. The number of pyridine rings is 1. The number of hydrogen-bond donors (Lipinski definition) is 0. The van der Waals surface area contributed by atoms with Crippen molar-refractivity contribution in [2.75, 3.05) is 26.3 Å². The predicted octanol–water partition coefficient (Wildman–Crippen LogP) is 3.78. The minimum atomic E-state index is -0.101.